The molecule has 1 aromatic heterocycles. The molecule has 0 saturated heterocycles. The number of halogens is 1. The Morgan fingerprint density at radius 1 is 1.31 bits per heavy atom. The van der Waals surface area contributed by atoms with Gasteiger partial charge in [-0.1, -0.05) is 0 Å². The van der Waals surface area contributed by atoms with Crippen molar-refractivity contribution in [2.75, 3.05) is 5.32 Å². The van der Waals surface area contributed by atoms with Gasteiger partial charge in [0, 0.05) is 10.7 Å². The van der Waals surface area contributed by atoms with Crippen molar-refractivity contribution in [3.63, 3.8) is 0 Å². The van der Waals surface area contributed by atoms with E-state index in [4.69, 9.17) is 0 Å². The Morgan fingerprint density at radius 3 is 2.31 bits per heavy atom. The minimum Gasteiger partial charge on any atom is -0.388 e. The van der Waals surface area contributed by atoms with Gasteiger partial charge in [0.05, 0.1) is 11.1 Å². The molecule has 2 N–H and O–H groups in total. The van der Waals surface area contributed by atoms with Gasteiger partial charge in [0.1, 0.15) is 5.82 Å². The molecule has 0 radical (unpaired) electrons. The number of anilines is 1. The van der Waals surface area contributed by atoms with Crippen molar-refractivity contribution < 1.29 is 5.11 Å². The van der Waals surface area contributed by atoms with E-state index in [0.29, 0.717) is 0 Å². The second-order valence-electron chi connectivity index (χ2n) is 5.13. The van der Waals surface area contributed by atoms with E-state index in [-0.39, 0.29) is 0 Å². The van der Waals surface area contributed by atoms with Crippen molar-refractivity contribution in [2.24, 2.45) is 0 Å². The van der Waals surface area contributed by atoms with Crippen LogP contribution in [0, 0.1) is 6.92 Å². The summed E-state index contributed by atoms with van der Waals surface area (Å²) in [7, 11) is 0. The van der Waals surface area contributed by atoms with Crippen LogP contribution in [0.15, 0.2) is 16.7 Å². The number of pyridine rings is 1. The average Bonchev–Trinajstić information content (AvgIpc) is 2.08. The maximum absolute atomic E-state index is 10.1. The SMILES string of the molecule is Cc1cc(Br)cnc1NC(C)(C)C(C)(C)O. The van der Waals surface area contributed by atoms with E-state index >= 15 is 0 Å². The zero-order valence-electron chi connectivity index (χ0n) is 10.4. The van der Waals surface area contributed by atoms with E-state index < -0.39 is 11.1 Å². The monoisotopic (exact) mass is 286 g/mol. The number of rotatable bonds is 3. The second kappa shape index (κ2) is 4.34. The molecular formula is C12H19BrN2O. The van der Waals surface area contributed by atoms with Gasteiger partial charge in [0.2, 0.25) is 0 Å². The third kappa shape index (κ3) is 2.95. The molecule has 0 aromatic carbocycles. The quantitative estimate of drug-likeness (QED) is 0.898. The van der Waals surface area contributed by atoms with Crippen LogP contribution in [0.3, 0.4) is 0 Å². The smallest absolute Gasteiger partial charge is 0.129 e. The van der Waals surface area contributed by atoms with E-state index in [2.05, 4.69) is 26.2 Å². The molecule has 0 amide bonds. The lowest BCUT2D eigenvalue weighted by Gasteiger charge is -2.38. The summed E-state index contributed by atoms with van der Waals surface area (Å²) in [5.41, 5.74) is -0.223. The first-order valence-electron chi connectivity index (χ1n) is 5.26. The Balaban J connectivity index is 2.97. The highest BCUT2D eigenvalue weighted by atomic mass is 79.9. The summed E-state index contributed by atoms with van der Waals surface area (Å²) >= 11 is 3.38. The molecule has 0 atom stereocenters. The number of nitrogens with zero attached hydrogens (tertiary/aromatic N) is 1. The molecule has 1 rings (SSSR count). The largest absolute Gasteiger partial charge is 0.388 e. The first kappa shape index (κ1) is 13.5. The molecule has 0 aliphatic carbocycles. The average molecular weight is 287 g/mol. The van der Waals surface area contributed by atoms with Crippen LogP contribution in [0.2, 0.25) is 0 Å². The lowest BCUT2D eigenvalue weighted by Crippen LogP contribution is -2.51. The van der Waals surface area contributed by atoms with E-state index in [1.807, 2.05) is 26.8 Å². The standard InChI is InChI=1S/C12H19BrN2O/c1-8-6-9(13)7-14-10(8)15-11(2,3)12(4,5)16/h6-7,16H,1-5H3,(H,14,15). The molecule has 0 unspecified atom stereocenters. The van der Waals surface area contributed by atoms with Crippen molar-refractivity contribution in [1.29, 1.82) is 0 Å². The number of nitrogens with one attached hydrogen (secondary N) is 1. The third-order valence-corrected chi connectivity index (χ3v) is 3.44. The number of aromatic nitrogens is 1. The predicted molar refractivity (Wildman–Crippen MR) is 70.7 cm³/mol. The van der Waals surface area contributed by atoms with Gasteiger partial charge < -0.3 is 10.4 Å². The van der Waals surface area contributed by atoms with Gasteiger partial charge in [-0.3, -0.25) is 0 Å². The molecule has 4 heteroatoms. The highest BCUT2D eigenvalue weighted by Crippen LogP contribution is 2.27. The predicted octanol–water partition coefficient (Wildman–Crippen LogP) is 3.11. The maximum atomic E-state index is 10.1. The highest BCUT2D eigenvalue weighted by molar-refractivity contribution is 9.10. The van der Waals surface area contributed by atoms with Gasteiger partial charge in [0.25, 0.3) is 0 Å². The fourth-order valence-corrected chi connectivity index (χ4v) is 1.57. The highest BCUT2D eigenvalue weighted by Gasteiger charge is 2.35. The minimum absolute atomic E-state index is 0.446. The number of hydrogen-bond donors (Lipinski definition) is 2. The first-order chi connectivity index (χ1) is 7.13. The van der Waals surface area contributed by atoms with Crippen LogP contribution in [0.25, 0.3) is 0 Å². The van der Waals surface area contributed by atoms with Crippen molar-refractivity contribution in [3.8, 4) is 0 Å². The number of aryl methyl sites for hydroxylation is 1. The molecule has 90 valence electrons. The molecular weight excluding hydrogens is 268 g/mol. The normalized spacial score (nSPS) is 12.7. The molecule has 0 bridgehead atoms. The summed E-state index contributed by atoms with van der Waals surface area (Å²) in [5.74, 6) is 0.801. The van der Waals surface area contributed by atoms with Crippen LogP contribution in [0.4, 0.5) is 5.82 Å². The zero-order chi connectivity index (χ0) is 12.6. The lowest BCUT2D eigenvalue weighted by atomic mass is 9.86. The van der Waals surface area contributed by atoms with Crippen LogP contribution in [0.5, 0.6) is 0 Å². The Labute approximate surface area is 105 Å². The van der Waals surface area contributed by atoms with Crippen LogP contribution < -0.4 is 5.32 Å². The molecule has 16 heavy (non-hydrogen) atoms. The maximum Gasteiger partial charge on any atom is 0.129 e. The third-order valence-electron chi connectivity index (χ3n) is 3.01. The van der Waals surface area contributed by atoms with E-state index in [1.54, 1.807) is 20.0 Å². The summed E-state index contributed by atoms with van der Waals surface area (Å²) < 4.78 is 0.955. The Bertz CT molecular complexity index is 383. The molecule has 0 fully saturated rings. The molecule has 0 aliphatic rings. The first-order valence-corrected chi connectivity index (χ1v) is 6.05. The summed E-state index contributed by atoms with van der Waals surface area (Å²) in [6, 6.07) is 2.00. The van der Waals surface area contributed by atoms with E-state index in [9.17, 15) is 5.11 Å². The van der Waals surface area contributed by atoms with Gasteiger partial charge in [-0.2, -0.15) is 0 Å². The van der Waals surface area contributed by atoms with Crippen molar-refractivity contribution in [1.82, 2.24) is 4.98 Å². The molecule has 0 aliphatic heterocycles. The van der Waals surface area contributed by atoms with E-state index in [1.165, 1.54) is 0 Å². The number of aliphatic hydroxyl groups is 1. The fraction of sp³-hybridized carbons (Fsp3) is 0.583. The van der Waals surface area contributed by atoms with Gasteiger partial charge in [0.15, 0.2) is 0 Å². The molecule has 1 heterocycles. The minimum atomic E-state index is -0.825. The van der Waals surface area contributed by atoms with Crippen LogP contribution in [0.1, 0.15) is 33.3 Å². The van der Waals surface area contributed by atoms with Crippen LogP contribution in [-0.4, -0.2) is 21.2 Å². The lowest BCUT2D eigenvalue weighted by molar-refractivity contribution is 0.0238. The molecule has 0 saturated carbocycles. The van der Waals surface area contributed by atoms with Gasteiger partial charge in [-0.05, 0) is 62.2 Å². The van der Waals surface area contributed by atoms with Gasteiger partial charge >= 0.3 is 0 Å². The second-order valence-corrected chi connectivity index (χ2v) is 6.04. The van der Waals surface area contributed by atoms with Gasteiger partial charge in [-0.25, -0.2) is 4.98 Å². The Kier molecular flexibility index (Phi) is 3.65. The Hall–Kier alpha value is -0.610. The summed E-state index contributed by atoms with van der Waals surface area (Å²) in [4.78, 5) is 4.31. The van der Waals surface area contributed by atoms with Crippen LogP contribution >= 0.6 is 15.9 Å². The molecule has 3 nitrogen and oxygen atoms in total. The molecule has 1 aromatic rings. The van der Waals surface area contributed by atoms with Crippen LogP contribution in [-0.2, 0) is 0 Å². The van der Waals surface area contributed by atoms with E-state index in [0.717, 1.165) is 15.9 Å². The zero-order valence-corrected chi connectivity index (χ0v) is 12.0. The summed E-state index contributed by atoms with van der Waals surface area (Å²) in [6.07, 6.45) is 1.75. The Morgan fingerprint density at radius 2 is 1.88 bits per heavy atom. The molecule has 0 spiro atoms. The van der Waals surface area contributed by atoms with Crippen molar-refractivity contribution in [2.45, 2.75) is 45.8 Å². The topological polar surface area (TPSA) is 45.2 Å². The number of hydrogen-bond acceptors (Lipinski definition) is 3. The summed E-state index contributed by atoms with van der Waals surface area (Å²) in [6.45, 7) is 9.47. The fourth-order valence-electron chi connectivity index (χ4n) is 1.12. The summed E-state index contributed by atoms with van der Waals surface area (Å²) in [5, 5.41) is 13.3. The van der Waals surface area contributed by atoms with Crippen molar-refractivity contribution in [3.05, 3.63) is 22.3 Å². The van der Waals surface area contributed by atoms with Crippen molar-refractivity contribution >= 4 is 21.7 Å². The van der Waals surface area contributed by atoms with Gasteiger partial charge in [-0.15, -0.1) is 0 Å².